The normalized spacial score (nSPS) is 19.2. The average Bonchev–Trinajstić information content (AvgIpc) is 3.57. The number of nitrogens with zero attached hydrogens (tertiary/aromatic N) is 3. The van der Waals surface area contributed by atoms with E-state index in [-0.39, 0.29) is 11.4 Å². The van der Waals surface area contributed by atoms with E-state index in [2.05, 4.69) is 72.3 Å². The summed E-state index contributed by atoms with van der Waals surface area (Å²) < 4.78 is 73.6. The van der Waals surface area contributed by atoms with E-state index in [1.165, 1.54) is 4.31 Å². The van der Waals surface area contributed by atoms with E-state index in [0.29, 0.717) is 49.4 Å². The third kappa shape index (κ3) is 8.16. The van der Waals surface area contributed by atoms with Crippen molar-refractivity contribution in [3.63, 3.8) is 0 Å². The highest BCUT2D eigenvalue weighted by Crippen LogP contribution is 2.51. The first-order valence-corrected chi connectivity index (χ1v) is 24.3. The molecule has 7 rings (SSSR count). The number of hydrogen-bond acceptors (Lipinski definition) is 10. The van der Waals surface area contributed by atoms with Gasteiger partial charge in [0.15, 0.2) is 12.3 Å². The molecule has 0 aromatic heterocycles. The fourth-order valence-electron chi connectivity index (χ4n) is 9.54. The summed E-state index contributed by atoms with van der Waals surface area (Å²) in [5, 5.41) is 18.5. The predicted molar refractivity (Wildman–Crippen MR) is 238 cm³/mol. The topological polar surface area (TPSA) is 142 Å². The molecule has 0 atom stereocenters. The van der Waals surface area contributed by atoms with Crippen molar-refractivity contribution in [2.45, 2.75) is 71.6 Å². The van der Waals surface area contributed by atoms with Crippen LogP contribution in [0.2, 0.25) is 0 Å². The van der Waals surface area contributed by atoms with Crippen LogP contribution in [0, 0.1) is 0 Å². The number of hydrogen-bond donors (Lipinski definition) is 0. The summed E-state index contributed by atoms with van der Waals surface area (Å²) in [4.78, 5) is 2.49. The molecule has 2 heterocycles. The molecule has 0 amide bonds. The van der Waals surface area contributed by atoms with Crippen LogP contribution in [-0.2, 0) is 40.3 Å². The monoisotopic (exact) mass is 870 g/mol. The molecule has 4 aromatic carbocycles. The molecule has 0 N–H and O–H groups in total. The Hall–Kier alpha value is -4.12. The summed E-state index contributed by atoms with van der Waals surface area (Å²) in [6.07, 6.45) is 9.61. The smallest absolute Gasteiger partial charge is 0.243 e. The molecular formula is C46H52N3O8S3-. The molecule has 0 bridgehead atoms. The maximum atomic E-state index is 14.8. The van der Waals surface area contributed by atoms with Crippen LogP contribution in [0.15, 0.2) is 119 Å². The molecule has 1 aliphatic carbocycles. The minimum atomic E-state index is -4.53. The van der Waals surface area contributed by atoms with Crippen LogP contribution in [0.3, 0.4) is 0 Å². The minimum Gasteiger partial charge on any atom is -0.748 e. The lowest BCUT2D eigenvalue weighted by molar-refractivity contribution is -0.777. The first-order chi connectivity index (χ1) is 28.6. The van der Waals surface area contributed by atoms with Crippen LogP contribution < -0.4 is 10.2 Å². The van der Waals surface area contributed by atoms with Crippen molar-refractivity contribution in [1.82, 2.24) is 4.31 Å². The lowest BCUT2D eigenvalue weighted by atomic mass is 9.78. The molecule has 0 fully saturated rings. The lowest BCUT2D eigenvalue weighted by Gasteiger charge is -2.28. The second-order valence-corrected chi connectivity index (χ2v) is 20.6. The maximum Gasteiger partial charge on any atom is 0.243 e. The van der Waals surface area contributed by atoms with Crippen molar-refractivity contribution in [3.05, 3.63) is 130 Å². The van der Waals surface area contributed by atoms with E-state index in [1.807, 2.05) is 85.2 Å². The zero-order valence-electron chi connectivity index (χ0n) is 34.9. The van der Waals surface area contributed by atoms with Gasteiger partial charge in [0.05, 0.1) is 16.1 Å². The highest BCUT2D eigenvalue weighted by atomic mass is 32.2. The number of benzene rings is 4. The van der Waals surface area contributed by atoms with Gasteiger partial charge < -0.3 is 14.7 Å². The number of rotatable bonds is 15. The fraction of sp³-hybridized carbons (Fsp3) is 0.370. The minimum absolute atomic E-state index is 0.0405. The summed E-state index contributed by atoms with van der Waals surface area (Å²) in [6, 6.07) is 24.5. The van der Waals surface area contributed by atoms with E-state index in [0.717, 1.165) is 73.9 Å². The highest BCUT2D eigenvalue weighted by Gasteiger charge is 2.46. The van der Waals surface area contributed by atoms with Gasteiger partial charge in [-0.2, -0.15) is 13.2 Å². The van der Waals surface area contributed by atoms with Gasteiger partial charge in [-0.15, -0.1) is 0 Å². The summed E-state index contributed by atoms with van der Waals surface area (Å²) in [5.74, 6) is -0.148. The van der Waals surface area contributed by atoms with Gasteiger partial charge >= 0.3 is 0 Å². The van der Waals surface area contributed by atoms with Gasteiger partial charge in [0.25, 0.3) is 0 Å². The Labute approximate surface area is 358 Å². The molecule has 3 aliphatic rings. The van der Waals surface area contributed by atoms with Gasteiger partial charge in [0.1, 0.15) is 10.1 Å². The number of anilines is 1. The molecule has 11 nitrogen and oxygen atoms in total. The Morgan fingerprint density at radius 2 is 1.48 bits per heavy atom. The Morgan fingerprint density at radius 1 is 0.833 bits per heavy atom. The molecule has 0 spiro atoms. The second kappa shape index (κ2) is 17.3. The van der Waals surface area contributed by atoms with Crippen molar-refractivity contribution < 1.29 is 40.6 Å². The molecule has 0 unspecified atom stereocenters. The van der Waals surface area contributed by atoms with E-state index in [4.69, 9.17) is 0 Å². The summed E-state index contributed by atoms with van der Waals surface area (Å²) in [7, 11) is -8.50. The summed E-state index contributed by atoms with van der Waals surface area (Å²) in [6.45, 7) is 13.3. The number of fused-ring (bicyclic) bond motifs is 6. The standard InChI is InChI=1S/C46H53N3O8S3/c1-7-47(8-2)60(54,55)44-34(22-26-40-45(3,4)42-36-18-11-9-14-32(36)20-24-38(42)48(40)28-30-58-57-56-50)16-13-17-35(44)23-27-41-46(5,6)43-37-19-12-10-15-33(37)21-25-39(43)49(41)29-31-59(51,52)53/h9-12,14-15,18-27H,7-8,13,16-17,28-31H2,1-6H3,(H-,50,51,52,53)/p-1. The van der Waals surface area contributed by atoms with Crippen LogP contribution in [0.25, 0.3) is 21.5 Å². The van der Waals surface area contributed by atoms with E-state index in [9.17, 15) is 26.6 Å². The first kappa shape index (κ1) is 44.0. The van der Waals surface area contributed by atoms with Crippen LogP contribution >= 0.6 is 12.0 Å². The molecular weight excluding hydrogens is 819 g/mol. The largest absolute Gasteiger partial charge is 0.748 e. The molecule has 318 valence electrons. The third-order valence-electron chi connectivity index (χ3n) is 12.2. The summed E-state index contributed by atoms with van der Waals surface area (Å²) >= 11 is 0.926. The molecule has 0 saturated carbocycles. The van der Waals surface area contributed by atoms with Crippen molar-refractivity contribution in [2.24, 2.45) is 0 Å². The van der Waals surface area contributed by atoms with Crippen molar-refractivity contribution >= 4 is 70.8 Å². The predicted octanol–water partition coefficient (Wildman–Crippen LogP) is 8.06. The number of sulfonamides is 1. The van der Waals surface area contributed by atoms with Gasteiger partial charge in [-0.1, -0.05) is 94.4 Å². The number of allylic oxidation sites excluding steroid dienone is 7. The SMILES string of the molecule is CCN(CC)S(=O)(=O)C1=C(/C=C/C2=[N+](CCS(=O)(=O)[O-])c3ccc4ccccc4c3C2(C)C)CCC/C1=C\C=C1\N(CCSOO[O-])c2ccc3ccccc3c2C1(C)C. The Balaban J connectivity index is 1.38. The van der Waals surface area contributed by atoms with E-state index in [1.54, 1.807) is 0 Å². The van der Waals surface area contributed by atoms with Crippen LogP contribution in [-0.4, -0.2) is 73.7 Å². The average molecular weight is 871 g/mol. The maximum absolute atomic E-state index is 14.8. The molecule has 14 heteroatoms. The van der Waals surface area contributed by atoms with Gasteiger partial charge in [-0.05, 0) is 89.6 Å². The zero-order valence-corrected chi connectivity index (χ0v) is 37.4. The third-order valence-corrected chi connectivity index (χ3v) is 15.6. The van der Waals surface area contributed by atoms with Gasteiger partial charge in [-0.25, -0.2) is 16.8 Å². The fourth-order valence-corrected chi connectivity index (χ4v) is 12.3. The van der Waals surface area contributed by atoms with Gasteiger partial charge in [-0.3, -0.25) is 5.04 Å². The van der Waals surface area contributed by atoms with E-state index < -0.39 is 36.7 Å². The molecule has 0 saturated heterocycles. The Bertz CT molecular complexity index is 2710. The molecule has 2 aliphatic heterocycles. The van der Waals surface area contributed by atoms with Crippen molar-refractivity contribution in [2.75, 3.05) is 42.6 Å². The first-order valence-electron chi connectivity index (χ1n) is 20.4. The Morgan fingerprint density at radius 3 is 2.13 bits per heavy atom. The second-order valence-electron chi connectivity index (χ2n) is 16.4. The quantitative estimate of drug-likeness (QED) is 0.0288. The van der Waals surface area contributed by atoms with Crippen molar-refractivity contribution in [1.29, 1.82) is 0 Å². The highest BCUT2D eigenvalue weighted by molar-refractivity contribution is 7.94. The van der Waals surface area contributed by atoms with Gasteiger partial charge in [0, 0.05) is 71.9 Å². The Kier molecular flexibility index (Phi) is 12.7. The lowest BCUT2D eigenvalue weighted by Crippen LogP contribution is -2.33. The molecule has 4 aromatic rings. The molecule has 0 radical (unpaired) electrons. The van der Waals surface area contributed by atoms with Crippen molar-refractivity contribution in [3.8, 4) is 0 Å². The van der Waals surface area contributed by atoms with Crippen LogP contribution in [0.5, 0.6) is 0 Å². The molecule has 60 heavy (non-hydrogen) atoms. The van der Waals surface area contributed by atoms with E-state index >= 15 is 0 Å². The van der Waals surface area contributed by atoms with Crippen LogP contribution in [0.4, 0.5) is 11.4 Å². The summed E-state index contributed by atoms with van der Waals surface area (Å²) in [5.41, 5.74) is 6.07. The van der Waals surface area contributed by atoms with Crippen LogP contribution in [0.1, 0.15) is 71.9 Å². The zero-order chi connectivity index (χ0) is 43.0. The van der Waals surface area contributed by atoms with Gasteiger partial charge in [0.2, 0.25) is 15.7 Å².